The molecular formula is C12H15F3N2OS. The van der Waals surface area contributed by atoms with Gasteiger partial charge >= 0.3 is 6.18 Å². The summed E-state index contributed by atoms with van der Waals surface area (Å²) < 4.78 is 43.7. The minimum absolute atomic E-state index is 0.0982. The van der Waals surface area contributed by atoms with E-state index in [1.54, 1.807) is 20.8 Å². The first kappa shape index (κ1) is 15.6. The average molecular weight is 292 g/mol. The van der Waals surface area contributed by atoms with E-state index in [9.17, 15) is 13.2 Å². The van der Waals surface area contributed by atoms with Crippen LogP contribution in [0.1, 0.15) is 26.3 Å². The summed E-state index contributed by atoms with van der Waals surface area (Å²) in [4.78, 5) is 0. The van der Waals surface area contributed by atoms with Gasteiger partial charge in [0.25, 0.3) is 0 Å². The highest BCUT2D eigenvalue weighted by Crippen LogP contribution is 2.35. The quantitative estimate of drug-likeness (QED) is 0.819. The van der Waals surface area contributed by atoms with Gasteiger partial charge in [0.2, 0.25) is 0 Å². The van der Waals surface area contributed by atoms with Crippen LogP contribution in [0, 0.1) is 0 Å². The van der Waals surface area contributed by atoms with Crippen molar-refractivity contribution in [1.82, 2.24) is 0 Å². The predicted octanol–water partition coefficient (Wildman–Crippen LogP) is 3.54. The number of benzene rings is 1. The molecule has 0 aromatic heterocycles. The van der Waals surface area contributed by atoms with Crippen molar-refractivity contribution in [3.63, 3.8) is 0 Å². The zero-order valence-electron chi connectivity index (χ0n) is 10.8. The molecule has 1 aromatic rings. The van der Waals surface area contributed by atoms with Crippen LogP contribution in [0.25, 0.3) is 0 Å². The van der Waals surface area contributed by atoms with E-state index in [2.05, 4.69) is 17.5 Å². The molecule has 0 saturated carbocycles. The fourth-order valence-electron chi connectivity index (χ4n) is 1.39. The molecule has 1 rings (SSSR count). The summed E-state index contributed by atoms with van der Waals surface area (Å²) in [7, 11) is 0. The molecule has 0 amide bonds. The number of thiocarbonyl (C=S) groups is 1. The molecule has 1 aromatic carbocycles. The van der Waals surface area contributed by atoms with Gasteiger partial charge in [0.15, 0.2) is 5.11 Å². The molecule has 7 heteroatoms. The first-order valence-electron chi connectivity index (χ1n) is 5.45. The molecule has 0 aliphatic heterocycles. The molecule has 19 heavy (non-hydrogen) atoms. The van der Waals surface area contributed by atoms with Crippen LogP contribution in [0.3, 0.4) is 0 Å². The number of hydrogen-bond donors (Lipinski definition) is 2. The van der Waals surface area contributed by atoms with E-state index in [1.807, 2.05) is 0 Å². The maximum atomic E-state index is 12.8. The SMILES string of the molecule is CC(C)(C)Oc1cc(NC(N)=S)cc(C(F)(F)F)c1. The van der Waals surface area contributed by atoms with Crippen molar-refractivity contribution in [2.75, 3.05) is 5.32 Å². The highest BCUT2D eigenvalue weighted by molar-refractivity contribution is 7.80. The Bertz CT molecular complexity index is 481. The molecule has 3 N–H and O–H groups in total. The third kappa shape index (κ3) is 5.34. The van der Waals surface area contributed by atoms with Crippen LogP contribution >= 0.6 is 12.2 Å². The molecule has 0 unspecified atom stereocenters. The second-order valence-electron chi connectivity index (χ2n) is 4.95. The van der Waals surface area contributed by atoms with E-state index in [4.69, 9.17) is 10.5 Å². The molecule has 0 atom stereocenters. The lowest BCUT2D eigenvalue weighted by atomic mass is 10.1. The summed E-state index contributed by atoms with van der Waals surface area (Å²) in [5.74, 6) is 0.0982. The fourth-order valence-corrected chi connectivity index (χ4v) is 1.51. The number of anilines is 1. The zero-order chi connectivity index (χ0) is 14.8. The lowest BCUT2D eigenvalue weighted by Crippen LogP contribution is -2.24. The summed E-state index contributed by atoms with van der Waals surface area (Å²) in [6.45, 7) is 5.23. The summed E-state index contributed by atoms with van der Waals surface area (Å²) >= 11 is 4.61. The summed E-state index contributed by atoms with van der Waals surface area (Å²) in [5, 5.41) is 2.36. The van der Waals surface area contributed by atoms with Gasteiger partial charge in [-0.2, -0.15) is 13.2 Å². The van der Waals surface area contributed by atoms with Gasteiger partial charge < -0.3 is 15.8 Å². The van der Waals surface area contributed by atoms with Crippen molar-refractivity contribution in [1.29, 1.82) is 0 Å². The van der Waals surface area contributed by atoms with Crippen LogP contribution < -0.4 is 15.8 Å². The van der Waals surface area contributed by atoms with Crippen LogP contribution in [-0.2, 0) is 6.18 Å². The third-order valence-corrected chi connectivity index (χ3v) is 2.03. The highest BCUT2D eigenvalue weighted by atomic mass is 32.1. The van der Waals surface area contributed by atoms with Gasteiger partial charge in [0.1, 0.15) is 11.4 Å². The van der Waals surface area contributed by atoms with E-state index in [1.165, 1.54) is 6.07 Å². The molecule has 0 aliphatic rings. The summed E-state index contributed by atoms with van der Waals surface area (Å²) in [6.07, 6.45) is -4.47. The van der Waals surface area contributed by atoms with Crippen molar-refractivity contribution in [3.05, 3.63) is 23.8 Å². The van der Waals surface area contributed by atoms with Gasteiger partial charge in [-0.1, -0.05) is 0 Å². The topological polar surface area (TPSA) is 47.3 Å². The predicted molar refractivity (Wildman–Crippen MR) is 72.2 cm³/mol. The summed E-state index contributed by atoms with van der Waals surface area (Å²) in [6, 6.07) is 3.28. The second-order valence-corrected chi connectivity index (χ2v) is 5.39. The first-order valence-corrected chi connectivity index (χ1v) is 5.86. The van der Waals surface area contributed by atoms with Gasteiger partial charge in [-0.05, 0) is 45.1 Å². The number of hydrogen-bond acceptors (Lipinski definition) is 2. The summed E-state index contributed by atoms with van der Waals surface area (Å²) in [5.41, 5.74) is 3.97. The van der Waals surface area contributed by atoms with Crippen LogP contribution in [0.5, 0.6) is 5.75 Å². The molecular weight excluding hydrogens is 277 g/mol. The minimum atomic E-state index is -4.47. The molecule has 0 heterocycles. The molecule has 0 fully saturated rings. The van der Waals surface area contributed by atoms with Crippen molar-refractivity contribution >= 4 is 23.0 Å². The maximum Gasteiger partial charge on any atom is 0.416 e. The second kappa shape index (κ2) is 5.24. The van der Waals surface area contributed by atoms with Crippen LogP contribution in [0.4, 0.5) is 18.9 Å². The number of nitrogens with one attached hydrogen (secondary N) is 1. The Hall–Kier alpha value is -1.50. The normalized spacial score (nSPS) is 12.1. The zero-order valence-corrected chi connectivity index (χ0v) is 11.6. The van der Waals surface area contributed by atoms with Crippen molar-refractivity contribution < 1.29 is 17.9 Å². The van der Waals surface area contributed by atoms with Gasteiger partial charge in [0.05, 0.1) is 5.56 Å². The van der Waals surface area contributed by atoms with Crippen molar-refractivity contribution in [3.8, 4) is 5.75 Å². The van der Waals surface area contributed by atoms with E-state index in [0.29, 0.717) is 0 Å². The van der Waals surface area contributed by atoms with Gasteiger partial charge in [-0.25, -0.2) is 0 Å². The lowest BCUT2D eigenvalue weighted by molar-refractivity contribution is -0.137. The Morgan fingerprint density at radius 3 is 2.21 bits per heavy atom. The van der Waals surface area contributed by atoms with Crippen molar-refractivity contribution in [2.45, 2.75) is 32.5 Å². The standard InChI is InChI=1S/C12H15F3N2OS/c1-11(2,3)18-9-5-7(12(13,14)15)4-8(6-9)17-10(16)19/h4-6H,1-3H3,(H3,16,17,19). The Balaban J connectivity index is 3.20. The van der Waals surface area contributed by atoms with Crippen LogP contribution in [-0.4, -0.2) is 10.7 Å². The van der Waals surface area contributed by atoms with E-state index in [-0.39, 0.29) is 16.5 Å². The van der Waals surface area contributed by atoms with Gasteiger partial charge in [-0.3, -0.25) is 0 Å². The number of ether oxygens (including phenoxy) is 1. The van der Waals surface area contributed by atoms with E-state index < -0.39 is 17.3 Å². The number of halogens is 3. The van der Waals surface area contributed by atoms with Crippen LogP contribution in [0.2, 0.25) is 0 Å². The number of nitrogens with two attached hydrogens (primary N) is 1. The third-order valence-electron chi connectivity index (χ3n) is 1.93. The largest absolute Gasteiger partial charge is 0.488 e. The smallest absolute Gasteiger partial charge is 0.416 e. The minimum Gasteiger partial charge on any atom is -0.488 e. The number of rotatable bonds is 2. The van der Waals surface area contributed by atoms with Gasteiger partial charge in [0, 0.05) is 11.8 Å². The molecule has 0 aliphatic carbocycles. The number of alkyl halides is 3. The van der Waals surface area contributed by atoms with E-state index >= 15 is 0 Å². The molecule has 0 spiro atoms. The highest BCUT2D eigenvalue weighted by Gasteiger charge is 2.32. The Morgan fingerprint density at radius 2 is 1.79 bits per heavy atom. The Kier molecular flexibility index (Phi) is 4.29. The van der Waals surface area contributed by atoms with Crippen LogP contribution in [0.15, 0.2) is 18.2 Å². The fraction of sp³-hybridized carbons (Fsp3) is 0.417. The maximum absolute atomic E-state index is 12.8. The Labute approximate surface area is 114 Å². The molecule has 0 bridgehead atoms. The lowest BCUT2D eigenvalue weighted by Gasteiger charge is -2.22. The molecule has 3 nitrogen and oxygen atoms in total. The first-order chi connectivity index (χ1) is 8.47. The van der Waals surface area contributed by atoms with E-state index in [0.717, 1.165) is 12.1 Å². The Morgan fingerprint density at radius 1 is 1.21 bits per heavy atom. The average Bonchev–Trinajstić information content (AvgIpc) is 2.11. The molecule has 0 saturated heterocycles. The molecule has 106 valence electrons. The monoisotopic (exact) mass is 292 g/mol. The molecule has 0 radical (unpaired) electrons. The van der Waals surface area contributed by atoms with Crippen molar-refractivity contribution in [2.24, 2.45) is 5.73 Å². The van der Waals surface area contributed by atoms with Gasteiger partial charge in [-0.15, -0.1) is 0 Å².